The van der Waals surface area contributed by atoms with E-state index in [0.29, 0.717) is 0 Å². The van der Waals surface area contributed by atoms with Crippen molar-refractivity contribution in [2.45, 2.75) is 56.4 Å². The van der Waals surface area contributed by atoms with Gasteiger partial charge >= 0.3 is 0 Å². The Morgan fingerprint density at radius 3 is 2.54 bits per heavy atom. The third kappa shape index (κ3) is 4.46. The lowest BCUT2D eigenvalue weighted by Crippen LogP contribution is -2.22. The van der Waals surface area contributed by atoms with Crippen LogP contribution in [0.25, 0.3) is 0 Å². The van der Waals surface area contributed by atoms with Crippen molar-refractivity contribution in [1.82, 2.24) is 0 Å². The summed E-state index contributed by atoms with van der Waals surface area (Å²) in [7, 11) is 1.80. The van der Waals surface area contributed by atoms with Gasteiger partial charge in [-0.3, -0.25) is 0 Å². The molecule has 0 aliphatic heterocycles. The standard InChI is InChI=1S/C11H21BrO/c1-11(2,13-3)8-4-5-10(12)9-6-7-9/h9-10H,4-8H2,1-3H3. The van der Waals surface area contributed by atoms with Crippen molar-refractivity contribution in [3.05, 3.63) is 0 Å². The van der Waals surface area contributed by atoms with Crippen LogP contribution >= 0.6 is 15.9 Å². The maximum atomic E-state index is 5.38. The molecule has 1 aliphatic rings. The van der Waals surface area contributed by atoms with E-state index in [1.807, 2.05) is 0 Å². The predicted octanol–water partition coefficient (Wildman–Crippen LogP) is 3.76. The molecule has 0 heterocycles. The van der Waals surface area contributed by atoms with Gasteiger partial charge < -0.3 is 4.74 Å². The summed E-state index contributed by atoms with van der Waals surface area (Å²) < 4.78 is 5.38. The zero-order valence-electron chi connectivity index (χ0n) is 8.98. The Hall–Kier alpha value is 0.440. The van der Waals surface area contributed by atoms with Gasteiger partial charge in [-0.05, 0) is 51.9 Å². The van der Waals surface area contributed by atoms with Crippen molar-refractivity contribution < 1.29 is 4.74 Å². The second-order valence-electron chi connectivity index (χ2n) is 4.71. The van der Waals surface area contributed by atoms with Gasteiger partial charge in [0.25, 0.3) is 0 Å². The maximum absolute atomic E-state index is 5.38. The molecule has 0 radical (unpaired) electrons. The summed E-state index contributed by atoms with van der Waals surface area (Å²) in [5, 5.41) is 0. The van der Waals surface area contributed by atoms with Gasteiger partial charge in [0.05, 0.1) is 5.60 Å². The number of rotatable bonds is 6. The highest BCUT2D eigenvalue weighted by atomic mass is 79.9. The molecule has 1 rings (SSSR count). The molecule has 0 N–H and O–H groups in total. The number of hydrogen-bond donors (Lipinski definition) is 0. The predicted molar refractivity (Wildman–Crippen MR) is 60.4 cm³/mol. The van der Waals surface area contributed by atoms with Gasteiger partial charge in [0.2, 0.25) is 0 Å². The fourth-order valence-electron chi connectivity index (χ4n) is 1.52. The molecule has 0 aromatic carbocycles. The molecule has 1 nitrogen and oxygen atoms in total. The largest absolute Gasteiger partial charge is 0.379 e. The van der Waals surface area contributed by atoms with Gasteiger partial charge in [-0.25, -0.2) is 0 Å². The third-order valence-corrected chi connectivity index (χ3v) is 4.15. The molecular formula is C11H21BrO. The Morgan fingerprint density at radius 2 is 2.08 bits per heavy atom. The van der Waals surface area contributed by atoms with Crippen LogP contribution in [0.2, 0.25) is 0 Å². The normalized spacial score (nSPS) is 20.3. The first kappa shape index (κ1) is 11.5. The summed E-state index contributed by atoms with van der Waals surface area (Å²) in [6.07, 6.45) is 6.61. The summed E-state index contributed by atoms with van der Waals surface area (Å²) in [6.45, 7) is 4.32. The summed E-state index contributed by atoms with van der Waals surface area (Å²) in [5.41, 5.74) is 0.0657. The molecular weight excluding hydrogens is 228 g/mol. The first-order chi connectivity index (χ1) is 6.05. The second-order valence-corrected chi connectivity index (χ2v) is 5.89. The Balaban J connectivity index is 2.05. The molecule has 1 unspecified atom stereocenters. The Bertz CT molecular complexity index is 152. The van der Waals surface area contributed by atoms with Crippen LogP contribution < -0.4 is 0 Å². The molecule has 1 aliphatic carbocycles. The highest BCUT2D eigenvalue weighted by molar-refractivity contribution is 9.09. The second kappa shape index (κ2) is 4.79. The number of alkyl halides is 1. The number of halogens is 1. The topological polar surface area (TPSA) is 9.23 Å². The van der Waals surface area contributed by atoms with Crippen molar-refractivity contribution in [3.63, 3.8) is 0 Å². The minimum atomic E-state index is 0.0657. The zero-order valence-corrected chi connectivity index (χ0v) is 10.6. The van der Waals surface area contributed by atoms with Gasteiger partial charge in [-0.15, -0.1) is 0 Å². The summed E-state index contributed by atoms with van der Waals surface area (Å²) in [5.74, 6) is 0.977. The van der Waals surface area contributed by atoms with Crippen LogP contribution in [0.4, 0.5) is 0 Å². The van der Waals surface area contributed by atoms with Crippen molar-refractivity contribution in [3.8, 4) is 0 Å². The van der Waals surface area contributed by atoms with Gasteiger partial charge in [-0.1, -0.05) is 15.9 Å². The van der Waals surface area contributed by atoms with Gasteiger partial charge in [0, 0.05) is 11.9 Å². The Kier molecular flexibility index (Phi) is 4.24. The molecule has 1 fully saturated rings. The zero-order chi connectivity index (χ0) is 9.90. The van der Waals surface area contributed by atoms with Crippen LogP contribution in [0.1, 0.15) is 46.0 Å². The van der Waals surface area contributed by atoms with Crippen LogP contribution in [-0.2, 0) is 4.74 Å². The average Bonchev–Trinajstić information content (AvgIpc) is 2.86. The van der Waals surface area contributed by atoms with Crippen molar-refractivity contribution in [2.24, 2.45) is 5.92 Å². The smallest absolute Gasteiger partial charge is 0.0622 e. The highest BCUT2D eigenvalue weighted by Gasteiger charge is 2.29. The lowest BCUT2D eigenvalue weighted by Gasteiger charge is -2.23. The fourth-order valence-corrected chi connectivity index (χ4v) is 2.37. The van der Waals surface area contributed by atoms with E-state index in [9.17, 15) is 0 Å². The summed E-state index contributed by atoms with van der Waals surface area (Å²) >= 11 is 3.75. The molecule has 0 aromatic rings. The minimum absolute atomic E-state index is 0.0657. The SMILES string of the molecule is COC(C)(C)CCCC(Br)C1CC1. The maximum Gasteiger partial charge on any atom is 0.0622 e. The Morgan fingerprint density at radius 1 is 1.46 bits per heavy atom. The number of hydrogen-bond acceptors (Lipinski definition) is 1. The van der Waals surface area contributed by atoms with Gasteiger partial charge in [0.15, 0.2) is 0 Å². The first-order valence-electron chi connectivity index (χ1n) is 5.24. The molecule has 2 heteroatoms. The molecule has 0 aromatic heterocycles. The van der Waals surface area contributed by atoms with Crippen molar-refractivity contribution in [2.75, 3.05) is 7.11 Å². The molecule has 0 amide bonds. The van der Waals surface area contributed by atoms with Crippen LogP contribution in [-0.4, -0.2) is 17.5 Å². The molecule has 78 valence electrons. The van der Waals surface area contributed by atoms with E-state index in [1.54, 1.807) is 7.11 Å². The van der Waals surface area contributed by atoms with E-state index in [1.165, 1.54) is 32.1 Å². The third-order valence-electron chi connectivity index (χ3n) is 2.94. The van der Waals surface area contributed by atoms with E-state index in [-0.39, 0.29) is 5.60 Å². The van der Waals surface area contributed by atoms with Crippen LogP contribution in [0, 0.1) is 5.92 Å². The van der Waals surface area contributed by atoms with E-state index in [0.717, 1.165) is 10.7 Å². The van der Waals surface area contributed by atoms with Crippen molar-refractivity contribution in [1.29, 1.82) is 0 Å². The lowest BCUT2D eigenvalue weighted by molar-refractivity contribution is 0.0134. The number of ether oxygens (including phenoxy) is 1. The molecule has 1 atom stereocenters. The average molecular weight is 249 g/mol. The van der Waals surface area contributed by atoms with Crippen LogP contribution in [0.3, 0.4) is 0 Å². The molecule has 1 saturated carbocycles. The summed E-state index contributed by atoms with van der Waals surface area (Å²) in [4.78, 5) is 0.764. The monoisotopic (exact) mass is 248 g/mol. The van der Waals surface area contributed by atoms with Crippen LogP contribution in [0.15, 0.2) is 0 Å². The molecule has 13 heavy (non-hydrogen) atoms. The lowest BCUT2D eigenvalue weighted by atomic mass is 10.00. The van der Waals surface area contributed by atoms with Crippen LogP contribution in [0.5, 0.6) is 0 Å². The van der Waals surface area contributed by atoms with E-state index >= 15 is 0 Å². The fraction of sp³-hybridized carbons (Fsp3) is 1.00. The minimum Gasteiger partial charge on any atom is -0.379 e. The van der Waals surface area contributed by atoms with E-state index < -0.39 is 0 Å². The van der Waals surface area contributed by atoms with Crippen molar-refractivity contribution >= 4 is 15.9 Å². The van der Waals surface area contributed by atoms with Gasteiger partial charge in [0.1, 0.15) is 0 Å². The molecule has 0 bridgehead atoms. The molecule has 0 spiro atoms. The Labute approximate surface area is 90.4 Å². The van der Waals surface area contributed by atoms with Gasteiger partial charge in [-0.2, -0.15) is 0 Å². The van der Waals surface area contributed by atoms with E-state index in [2.05, 4.69) is 29.8 Å². The molecule has 0 saturated heterocycles. The number of methoxy groups -OCH3 is 1. The quantitative estimate of drug-likeness (QED) is 0.651. The first-order valence-corrected chi connectivity index (χ1v) is 6.16. The highest BCUT2D eigenvalue weighted by Crippen LogP contribution is 2.39. The van der Waals surface area contributed by atoms with E-state index in [4.69, 9.17) is 4.74 Å². The summed E-state index contributed by atoms with van der Waals surface area (Å²) in [6, 6.07) is 0.